The molecule has 2 amide bonds. The number of hydrogen-bond acceptors (Lipinski definition) is 4. The number of benzene rings is 1. The molecule has 6 heteroatoms. The highest BCUT2D eigenvalue weighted by atomic mass is 32.1. The first-order chi connectivity index (χ1) is 10.3. The summed E-state index contributed by atoms with van der Waals surface area (Å²) in [5.74, 6) is 0.665. The maximum Gasteiger partial charge on any atom is 0.323 e. The molecule has 1 fully saturated rings. The van der Waals surface area contributed by atoms with Gasteiger partial charge in [-0.1, -0.05) is 41.7 Å². The van der Waals surface area contributed by atoms with Crippen LogP contribution >= 0.6 is 11.3 Å². The Labute approximate surface area is 128 Å². The van der Waals surface area contributed by atoms with Crippen LogP contribution in [0, 0.1) is 5.92 Å². The molecule has 1 aromatic carbocycles. The fourth-order valence-electron chi connectivity index (χ4n) is 2.69. The zero-order valence-electron chi connectivity index (χ0n) is 11.7. The number of nitrogens with one attached hydrogen (secondary N) is 1. The van der Waals surface area contributed by atoms with Gasteiger partial charge in [0.15, 0.2) is 0 Å². The van der Waals surface area contributed by atoms with Gasteiger partial charge in [0.05, 0.1) is 0 Å². The third kappa shape index (κ3) is 3.78. The molecule has 0 spiro atoms. The summed E-state index contributed by atoms with van der Waals surface area (Å²) >= 11 is 1.34. The monoisotopic (exact) mass is 302 g/mol. The highest BCUT2D eigenvalue weighted by Gasteiger charge is 2.23. The van der Waals surface area contributed by atoms with E-state index in [1.54, 1.807) is 5.51 Å². The van der Waals surface area contributed by atoms with Crippen molar-refractivity contribution in [2.24, 2.45) is 5.92 Å². The molecule has 0 radical (unpaired) electrons. The van der Waals surface area contributed by atoms with Gasteiger partial charge >= 0.3 is 6.03 Å². The van der Waals surface area contributed by atoms with E-state index in [9.17, 15) is 4.79 Å². The first kappa shape index (κ1) is 14.0. The third-order valence-electron chi connectivity index (χ3n) is 3.84. The number of rotatable bonds is 3. The minimum Gasteiger partial charge on any atom is -0.324 e. The molecule has 0 aliphatic carbocycles. The first-order valence-corrected chi connectivity index (χ1v) is 8.05. The lowest BCUT2D eigenvalue weighted by Gasteiger charge is -2.31. The molecule has 0 bridgehead atoms. The second-order valence-electron chi connectivity index (χ2n) is 5.29. The third-order valence-corrected chi connectivity index (χ3v) is 4.45. The summed E-state index contributed by atoms with van der Waals surface area (Å²) in [4.78, 5) is 13.9. The van der Waals surface area contributed by atoms with Crippen molar-refractivity contribution in [1.82, 2.24) is 15.1 Å². The average Bonchev–Trinajstić information content (AvgIpc) is 3.02. The molecule has 5 nitrogen and oxygen atoms in total. The predicted molar refractivity (Wildman–Crippen MR) is 83.4 cm³/mol. The van der Waals surface area contributed by atoms with Crippen molar-refractivity contribution in [3.63, 3.8) is 0 Å². The van der Waals surface area contributed by atoms with Crippen LogP contribution in [0.25, 0.3) is 0 Å². The highest BCUT2D eigenvalue weighted by molar-refractivity contribution is 7.13. The zero-order chi connectivity index (χ0) is 14.5. The second-order valence-corrected chi connectivity index (χ2v) is 6.13. The van der Waals surface area contributed by atoms with Crippen LogP contribution in [0.3, 0.4) is 0 Å². The number of carbonyl (C=O) groups is 1. The smallest absolute Gasteiger partial charge is 0.323 e. The van der Waals surface area contributed by atoms with Crippen LogP contribution < -0.4 is 5.32 Å². The minimum absolute atomic E-state index is 0.0649. The van der Waals surface area contributed by atoms with Crippen LogP contribution in [-0.4, -0.2) is 34.2 Å². The van der Waals surface area contributed by atoms with Crippen LogP contribution in [0.2, 0.25) is 0 Å². The normalized spacial score (nSPS) is 15.9. The fraction of sp³-hybridized carbons (Fsp3) is 0.400. The zero-order valence-corrected chi connectivity index (χ0v) is 12.6. The lowest BCUT2D eigenvalue weighted by Crippen LogP contribution is -2.41. The Morgan fingerprint density at radius 1 is 1.29 bits per heavy atom. The van der Waals surface area contributed by atoms with E-state index in [4.69, 9.17) is 0 Å². The molecule has 3 rings (SSSR count). The molecule has 2 heterocycles. The van der Waals surface area contributed by atoms with Gasteiger partial charge in [0.25, 0.3) is 0 Å². The molecular formula is C15H18N4OS. The number of carbonyl (C=O) groups excluding carboxylic acids is 1. The molecular weight excluding hydrogens is 284 g/mol. The lowest BCUT2D eigenvalue weighted by atomic mass is 9.90. The van der Waals surface area contributed by atoms with Crippen molar-refractivity contribution in [2.45, 2.75) is 19.3 Å². The molecule has 110 valence electrons. The van der Waals surface area contributed by atoms with Crippen LogP contribution in [0.5, 0.6) is 0 Å². The van der Waals surface area contributed by atoms with Crippen molar-refractivity contribution < 1.29 is 4.79 Å². The Balaban J connectivity index is 1.47. The molecule has 2 aromatic rings. The van der Waals surface area contributed by atoms with E-state index in [2.05, 4.69) is 39.8 Å². The van der Waals surface area contributed by atoms with Gasteiger partial charge in [-0.05, 0) is 30.7 Å². The quantitative estimate of drug-likeness (QED) is 0.948. The predicted octanol–water partition coefficient (Wildman–Crippen LogP) is 3.02. The summed E-state index contributed by atoms with van der Waals surface area (Å²) in [6.45, 7) is 1.62. The van der Waals surface area contributed by atoms with Gasteiger partial charge in [0.1, 0.15) is 5.51 Å². The summed E-state index contributed by atoms with van der Waals surface area (Å²) in [6, 6.07) is 10.5. The Morgan fingerprint density at radius 3 is 2.71 bits per heavy atom. The van der Waals surface area contributed by atoms with Crippen molar-refractivity contribution in [2.75, 3.05) is 18.4 Å². The molecule has 0 atom stereocenters. The summed E-state index contributed by atoms with van der Waals surface area (Å²) in [6.07, 6.45) is 3.21. The maximum absolute atomic E-state index is 12.1. The van der Waals surface area contributed by atoms with Gasteiger partial charge in [-0.2, -0.15) is 0 Å². The SMILES string of the molecule is O=C(Nc1nncs1)N1CCC(Cc2ccccc2)CC1. The number of likely N-dealkylation sites (tertiary alicyclic amines) is 1. The van der Waals surface area contributed by atoms with Crippen molar-refractivity contribution in [3.05, 3.63) is 41.4 Å². The first-order valence-electron chi connectivity index (χ1n) is 7.17. The Kier molecular flexibility index (Phi) is 4.45. The number of piperidine rings is 1. The molecule has 0 saturated carbocycles. The van der Waals surface area contributed by atoms with Gasteiger partial charge in [0.2, 0.25) is 5.13 Å². The number of urea groups is 1. The van der Waals surface area contributed by atoms with Crippen molar-refractivity contribution in [3.8, 4) is 0 Å². The van der Waals surface area contributed by atoms with E-state index in [1.807, 2.05) is 11.0 Å². The molecule has 1 saturated heterocycles. The van der Waals surface area contributed by atoms with Crippen LogP contribution in [0.1, 0.15) is 18.4 Å². The number of anilines is 1. The molecule has 1 aromatic heterocycles. The molecule has 1 N–H and O–H groups in total. The topological polar surface area (TPSA) is 58.1 Å². The van der Waals surface area contributed by atoms with Gasteiger partial charge in [-0.15, -0.1) is 10.2 Å². The molecule has 0 unspecified atom stereocenters. The minimum atomic E-state index is -0.0649. The van der Waals surface area contributed by atoms with Crippen LogP contribution in [0.4, 0.5) is 9.93 Å². The van der Waals surface area contributed by atoms with E-state index in [1.165, 1.54) is 16.9 Å². The molecule has 1 aliphatic rings. The Morgan fingerprint density at radius 2 is 2.05 bits per heavy atom. The second kappa shape index (κ2) is 6.67. The van der Waals surface area contributed by atoms with Gasteiger partial charge in [-0.3, -0.25) is 5.32 Å². The van der Waals surface area contributed by atoms with E-state index in [0.29, 0.717) is 11.0 Å². The van der Waals surface area contributed by atoms with Gasteiger partial charge < -0.3 is 4.90 Å². The van der Waals surface area contributed by atoms with E-state index >= 15 is 0 Å². The van der Waals surface area contributed by atoms with E-state index in [-0.39, 0.29) is 6.03 Å². The Hall–Kier alpha value is -1.95. The molecule has 1 aliphatic heterocycles. The fourth-order valence-corrected chi connectivity index (χ4v) is 3.12. The van der Waals surface area contributed by atoms with E-state index in [0.717, 1.165) is 32.4 Å². The largest absolute Gasteiger partial charge is 0.324 e. The summed E-state index contributed by atoms with van der Waals surface area (Å²) in [5, 5.41) is 10.9. The average molecular weight is 302 g/mol. The van der Waals surface area contributed by atoms with Gasteiger partial charge in [0, 0.05) is 13.1 Å². The number of nitrogens with zero attached hydrogens (tertiary/aromatic N) is 3. The standard InChI is InChI=1S/C15H18N4OS/c20-15(17-14-18-16-11-21-14)19-8-6-13(7-9-19)10-12-4-2-1-3-5-12/h1-5,11,13H,6-10H2,(H,17,18,20). The molecule has 21 heavy (non-hydrogen) atoms. The van der Waals surface area contributed by atoms with E-state index < -0.39 is 0 Å². The van der Waals surface area contributed by atoms with Crippen LogP contribution in [0.15, 0.2) is 35.8 Å². The summed E-state index contributed by atoms with van der Waals surface area (Å²) in [5.41, 5.74) is 3.00. The Bertz CT molecular complexity index is 565. The summed E-state index contributed by atoms with van der Waals surface area (Å²) in [7, 11) is 0. The van der Waals surface area contributed by atoms with Crippen molar-refractivity contribution >= 4 is 22.5 Å². The number of hydrogen-bond donors (Lipinski definition) is 1. The van der Waals surface area contributed by atoms with Crippen molar-refractivity contribution in [1.29, 1.82) is 0 Å². The maximum atomic E-state index is 12.1. The number of aromatic nitrogens is 2. The summed E-state index contributed by atoms with van der Waals surface area (Å²) < 4.78 is 0. The van der Waals surface area contributed by atoms with Gasteiger partial charge in [-0.25, -0.2) is 4.79 Å². The lowest BCUT2D eigenvalue weighted by molar-refractivity contribution is 0.182. The van der Waals surface area contributed by atoms with Crippen LogP contribution in [-0.2, 0) is 6.42 Å². The number of amides is 2. The highest BCUT2D eigenvalue weighted by Crippen LogP contribution is 2.22.